The highest BCUT2D eigenvalue weighted by molar-refractivity contribution is 7.85. The van der Waals surface area contributed by atoms with E-state index in [1.807, 2.05) is 30.3 Å². The molecule has 2 aliphatic rings. The number of amidine groups is 1. The van der Waals surface area contributed by atoms with E-state index in [-0.39, 0.29) is 19.0 Å². The minimum Gasteiger partial charge on any atom is -0.443 e. The number of aryl methyl sites for hydroxylation is 1. The first-order valence-electron chi connectivity index (χ1n) is 11.4. The third kappa shape index (κ3) is 5.68. The van der Waals surface area contributed by atoms with Gasteiger partial charge in [0, 0.05) is 19.7 Å². The third-order valence-corrected chi connectivity index (χ3v) is 6.33. The number of hydroxylamine groups is 3. The second-order valence-corrected chi connectivity index (χ2v) is 10.7. The highest BCUT2D eigenvalue weighted by atomic mass is 32.2. The summed E-state index contributed by atoms with van der Waals surface area (Å²) in [5.41, 5.74) is 3.58. The summed E-state index contributed by atoms with van der Waals surface area (Å²) in [7, 11) is -1.52. The monoisotopic (exact) mass is 535 g/mol. The summed E-state index contributed by atoms with van der Waals surface area (Å²) in [5, 5.41) is 5.62. The molecule has 2 aliphatic heterocycles. The Kier molecular flexibility index (Phi) is 7.12. The summed E-state index contributed by atoms with van der Waals surface area (Å²) < 4.78 is 37.6. The van der Waals surface area contributed by atoms with Crippen molar-refractivity contribution >= 4 is 28.3 Å². The number of amides is 3. The van der Waals surface area contributed by atoms with Gasteiger partial charge in [-0.05, 0) is 26.3 Å². The Morgan fingerprint density at radius 2 is 1.95 bits per heavy atom. The summed E-state index contributed by atoms with van der Waals surface area (Å²) in [4.78, 5) is 36.8. The maximum atomic E-state index is 13.4. The minimum absolute atomic E-state index is 0.00359. The van der Waals surface area contributed by atoms with Crippen molar-refractivity contribution < 1.29 is 31.9 Å². The van der Waals surface area contributed by atoms with Crippen molar-refractivity contribution in [2.75, 3.05) is 13.6 Å². The fourth-order valence-electron chi connectivity index (χ4n) is 4.13. The molecule has 0 radical (unpaired) electrons. The van der Waals surface area contributed by atoms with Crippen LogP contribution in [0.25, 0.3) is 0 Å². The molecule has 2 aromatic rings. The average Bonchev–Trinajstić information content (AvgIpc) is 3.32. The lowest BCUT2D eigenvalue weighted by atomic mass is 9.97. The predicted molar refractivity (Wildman–Crippen MR) is 130 cm³/mol. The first kappa shape index (κ1) is 26.4. The van der Waals surface area contributed by atoms with Crippen molar-refractivity contribution in [2.45, 2.75) is 45.1 Å². The number of hydrogen-bond acceptors (Lipinski definition) is 9. The summed E-state index contributed by atoms with van der Waals surface area (Å²) >= 11 is 0. The normalized spacial score (nSPS) is 19.6. The zero-order valence-electron chi connectivity index (χ0n) is 21.0. The Bertz CT molecular complexity index is 1300. The molecule has 200 valence electrons. The molecule has 14 nitrogen and oxygen atoms in total. The summed E-state index contributed by atoms with van der Waals surface area (Å²) in [5.74, 6) is -0.00359. The maximum Gasteiger partial charge on any atom is 0.423 e. The van der Waals surface area contributed by atoms with Crippen molar-refractivity contribution in [1.82, 2.24) is 29.9 Å². The number of benzene rings is 1. The molecule has 1 fully saturated rings. The van der Waals surface area contributed by atoms with Crippen molar-refractivity contribution in [3.63, 3.8) is 0 Å². The van der Waals surface area contributed by atoms with E-state index in [0.717, 1.165) is 11.1 Å². The van der Waals surface area contributed by atoms with E-state index >= 15 is 0 Å². The summed E-state index contributed by atoms with van der Waals surface area (Å²) in [6, 6.07) is 7.71. The van der Waals surface area contributed by atoms with E-state index in [9.17, 15) is 18.0 Å². The maximum absolute atomic E-state index is 13.4. The van der Waals surface area contributed by atoms with Crippen LogP contribution in [0.3, 0.4) is 0 Å². The van der Waals surface area contributed by atoms with Gasteiger partial charge in [-0.15, -0.1) is 4.28 Å². The number of carbonyl (C=O) groups is 2. The fourth-order valence-corrected chi connectivity index (χ4v) is 4.61. The SMILES string of the molecule is CN=C(NOS(=O)(=O)NC(=O)OC(C)(C)C)[C@@H]1c2c(cnn2C)[C@@H]2CN1C(=O)N2OCc1ccccc1. The van der Waals surface area contributed by atoms with Crippen LogP contribution in [-0.2, 0) is 37.8 Å². The molecule has 4 rings (SSSR count). The number of urea groups is 1. The quantitative estimate of drug-likeness (QED) is 0.306. The van der Waals surface area contributed by atoms with Gasteiger partial charge in [0.25, 0.3) is 0 Å². The molecule has 1 aromatic heterocycles. The predicted octanol–water partition coefficient (Wildman–Crippen LogP) is 1.70. The molecule has 0 aliphatic carbocycles. The Labute approximate surface area is 214 Å². The second kappa shape index (κ2) is 9.99. The van der Waals surface area contributed by atoms with Gasteiger partial charge < -0.3 is 9.64 Å². The number of rotatable bonds is 7. The average molecular weight is 536 g/mol. The van der Waals surface area contributed by atoms with Crippen LogP contribution in [0.5, 0.6) is 0 Å². The van der Waals surface area contributed by atoms with Crippen LogP contribution in [0.4, 0.5) is 9.59 Å². The van der Waals surface area contributed by atoms with Crippen LogP contribution >= 0.6 is 0 Å². The number of aliphatic imine (C=N–C) groups is 1. The van der Waals surface area contributed by atoms with Crippen LogP contribution in [0, 0.1) is 0 Å². The van der Waals surface area contributed by atoms with Crippen LogP contribution in [0.1, 0.15) is 49.7 Å². The van der Waals surface area contributed by atoms with Gasteiger partial charge in [0.15, 0.2) is 5.84 Å². The van der Waals surface area contributed by atoms with Crippen molar-refractivity contribution in [3.8, 4) is 0 Å². The fraction of sp³-hybridized carbons (Fsp3) is 0.455. The van der Waals surface area contributed by atoms with Crippen molar-refractivity contribution in [2.24, 2.45) is 12.0 Å². The molecule has 2 atom stereocenters. The van der Waals surface area contributed by atoms with Crippen LogP contribution in [-0.4, -0.2) is 65.3 Å². The van der Waals surface area contributed by atoms with Gasteiger partial charge in [-0.3, -0.25) is 14.5 Å². The number of ether oxygens (including phenoxy) is 1. The van der Waals surface area contributed by atoms with Crippen molar-refractivity contribution in [1.29, 1.82) is 0 Å². The molecule has 3 heterocycles. The smallest absolute Gasteiger partial charge is 0.423 e. The topological polar surface area (TPSA) is 157 Å². The van der Waals surface area contributed by atoms with Gasteiger partial charge in [-0.2, -0.15) is 23.3 Å². The lowest BCUT2D eigenvalue weighted by Crippen LogP contribution is -2.46. The Balaban J connectivity index is 1.52. The van der Waals surface area contributed by atoms with Crippen LogP contribution < -0.4 is 10.2 Å². The molecule has 2 N–H and O–H groups in total. The molecule has 0 saturated carbocycles. The second-order valence-electron chi connectivity index (χ2n) is 9.40. The number of carbonyl (C=O) groups excluding carboxylic acids is 2. The van der Waals surface area contributed by atoms with Gasteiger partial charge in [-0.1, -0.05) is 30.3 Å². The molecular weight excluding hydrogens is 506 g/mol. The van der Waals surface area contributed by atoms with E-state index in [2.05, 4.69) is 15.6 Å². The van der Waals surface area contributed by atoms with Crippen LogP contribution in [0.15, 0.2) is 41.5 Å². The van der Waals surface area contributed by atoms with Crippen LogP contribution in [0.2, 0.25) is 0 Å². The number of nitrogens with one attached hydrogen (secondary N) is 2. The van der Waals surface area contributed by atoms with E-state index in [1.165, 1.54) is 17.0 Å². The first-order chi connectivity index (χ1) is 17.4. The third-order valence-electron chi connectivity index (χ3n) is 5.61. The van der Waals surface area contributed by atoms with Gasteiger partial charge in [0.2, 0.25) is 0 Å². The molecule has 1 aromatic carbocycles. The number of nitrogens with zero attached hydrogens (tertiary/aromatic N) is 5. The highest BCUT2D eigenvalue weighted by Crippen LogP contribution is 2.44. The Morgan fingerprint density at radius 3 is 2.59 bits per heavy atom. The van der Waals surface area contributed by atoms with E-state index in [0.29, 0.717) is 5.69 Å². The first-order valence-corrected chi connectivity index (χ1v) is 12.8. The van der Waals surface area contributed by atoms with E-state index in [4.69, 9.17) is 13.9 Å². The largest absolute Gasteiger partial charge is 0.443 e. The summed E-state index contributed by atoms with van der Waals surface area (Å²) in [6.07, 6.45) is 0.427. The minimum atomic E-state index is -4.63. The molecule has 1 saturated heterocycles. The number of hydrogen-bond donors (Lipinski definition) is 2. The molecule has 2 bridgehead atoms. The van der Waals surface area contributed by atoms with Gasteiger partial charge in [0.1, 0.15) is 24.3 Å². The van der Waals surface area contributed by atoms with E-state index < -0.39 is 40.1 Å². The Morgan fingerprint density at radius 1 is 1.24 bits per heavy atom. The number of fused-ring (bicyclic) bond motifs is 4. The lowest BCUT2D eigenvalue weighted by Gasteiger charge is -2.31. The zero-order chi connectivity index (χ0) is 27.0. The summed E-state index contributed by atoms with van der Waals surface area (Å²) in [6.45, 7) is 5.19. The Hall–Kier alpha value is -3.69. The molecule has 0 spiro atoms. The molecular formula is C22H29N7O7S. The molecule has 15 heteroatoms. The van der Waals surface area contributed by atoms with Gasteiger partial charge in [0.05, 0.1) is 18.4 Å². The highest BCUT2D eigenvalue weighted by Gasteiger charge is 2.52. The van der Waals surface area contributed by atoms with Crippen molar-refractivity contribution in [3.05, 3.63) is 53.3 Å². The molecule has 0 unspecified atom stereocenters. The van der Waals surface area contributed by atoms with E-state index in [1.54, 1.807) is 43.4 Å². The molecule has 3 amide bonds. The lowest BCUT2D eigenvalue weighted by molar-refractivity contribution is -0.141. The number of aromatic nitrogens is 2. The van der Waals surface area contributed by atoms with Gasteiger partial charge in [-0.25, -0.2) is 15.1 Å². The molecule has 37 heavy (non-hydrogen) atoms. The van der Waals surface area contributed by atoms with Gasteiger partial charge >= 0.3 is 22.4 Å². The zero-order valence-corrected chi connectivity index (χ0v) is 21.9. The standard InChI is InChI=1S/C22H29N7O7S/c1-22(2,3)35-20(30)26-37(32,33)36-25-19(23-4)18-17-15(11-24-27(17)5)16-12-28(18)21(31)29(16)34-13-14-9-7-6-8-10-14/h6-11,16,18H,12-13H2,1-5H3,(H,23,25)(H,26,30)/t16-,18-/m0/s1.